The van der Waals surface area contributed by atoms with Crippen LogP contribution in [-0.2, 0) is 10.4 Å². The van der Waals surface area contributed by atoms with E-state index in [9.17, 15) is 0 Å². The van der Waals surface area contributed by atoms with Gasteiger partial charge in [-0.1, -0.05) is 78.1 Å². The summed E-state index contributed by atoms with van der Waals surface area (Å²) in [6.07, 6.45) is 14.4. The predicted octanol–water partition coefficient (Wildman–Crippen LogP) is -1.65. The fraction of sp³-hybridized carbons (Fsp3) is 1.00. The molecule has 0 bridgehead atoms. The van der Waals surface area contributed by atoms with Crippen molar-refractivity contribution >= 4 is 33.5 Å². The van der Waals surface area contributed by atoms with E-state index in [0.717, 1.165) is 0 Å². The molecule has 20 heavy (non-hydrogen) atoms. The van der Waals surface area contributed by atoms with Crippen molar-refractivity contribution in [3.8, 4) is 0 Å². The standard InChI is InChI=1S/C12H26.Mg.2Na.H2O4S.4H/c1-3-5-7-9-11-12-10-8-6-4-2;;;;1-5(2,3)4;;;;/h3-12H2,1-2H3;;;;(H2,1,2,3,4);;;;/q;+2;2*+1;;4*-1. The smallest absolute Gasteiger partial charge is 1.00 e. The Hall–Kier alpha value is 2.64. The number of hydrogen-bond donors (Lipinski definition) is 2. The maximum Gasteiger partial charge on any atom is 2.00 e. The normalized spacial score (nSPS) is 9.20. The summed E-state index contributed by atoms with van der Waals surface area (Å²) in [5, 5.41) is 0. The van der Waals surface area contributed by atoms with Crippen LogP contribution in [0.1, 0.15) is 83.8 Å². The van der Waals surface area contributed by atoms with Gasteiger partial charge in [-0.3, -0.25) is 9.11 Å². The Kier molecular flexibility index (Phi) is 45.2. The molecule has 0 aliphatic rings. The maximum absolute atomic E-state index is 8.74. The van der Waals surface area contributed by atoms with Gasteiger partial charge in [0, 0.05) is 0 Å². The van der Waals surface area contributed by atoms with Gasteiger partial charge in [-0.15, -0.1) is 0 Å². The molecule has 0 aromatic heterocycles. The SMILES string of the molecule is CCCCCCCCCCCC.O=S(=O)(O)O.[H-].[H-].[H-].[H-].[Mg+2].[Na+].[Na+]. The summed E-state index contributed by atoms with van der Waals surface area (Å²) in [6, 6.07) is 0. The Bertz CT molecular complexity index is 237. The van der Waals surface area contributed by atoms with Gasteiger partial charge in [0.1, 0.15) is 0 Å². The molecular formula is C12H32MgNa2O4S. The molecule has 0 aromatic rings. The third kappa shape index (κ3) is 58.8. The summed E-state index contributed by atoms with van der Waals surface area (Å²) >= 11 is 0. The molecule has 8 heteroatoms. The van der Waals surface area contributed by atoms with E-state index < -0.39 is 10.4 Å². The molecule has 0 unspecified atom stereocenters. The monoisotopic (exact) mass is 342 g/mol. The predicted molar refractivity (Wildman–Crippen MR) is 81.9 cm³/mol. The third-order valence-electron chi connectivity index (χ3n) is 2.46. The minimum atomic E-state index is -4.67. The van der Waals surface area contributed by atoms with Crippen LogP contribution in [0.5, 0.6) is 0 Å². The Morgan fingerprint density at radius 3 is 1.00 bits per heavy atom. The minimum absolute atomic E-state index is 0. The topological polar surface area (TPSA) is 74.6 Å². The van der Waals surface area contributed by atoms with E-state index in [2.05, 4.69) is 13.8 Å². The first-order chi connectivity index (χ1) is 7.91. The average molecular weight is 343 g/mol. The van der Waals surface area contributed by atoms with Crippen molar-refractivity contribution in [3.05, 3.63) is 0 Å². The molecular weight excluding hydrogens is 310 g/mol. The molecule has 0 aromatic carbocycles. The molecule has 0 heterocycles. The summed E-state index contributed by atoms with van der Waals surface area (Å²) in [6.45, 7) is 4.56. The van der Waals surface area contributed by atoms with Gasteiger partial charge in [0.25, 0.3) is 0 Å². The first-order valence-corrected chi connectivity index (χ1v) is 8.01. The van der Waals surface area contributed by atoms with Crippen LogP contribution in [0.25, 0.3) is 0 Å². The third-order valence-corrected chi connectivity index (χ3v) is 2.46. The van der Waals surface area contributed by atoms with Crippen molar-refractivity contribution in [2.75, 3.05) is 0 Å². The molecule has 0 rings (SSSR count). The molecule has 2 N–H and O–H groups in total. The molecule has 0 saturated heterocycles. The van der Waals surface area contributed by atoms with Gasteiger partial charge in [0.2, 0.25) is 0 Å². The van der Waals surface area contributed by atoms with Crippen LogP contribution in [0.2, 0.25) is 0 Å². The quantitative estimate of drug-likeness (QED) is 0.299. The van der Waals surface area contributed by atoms with Crippen LogP contribution in [0.3, 0.4) is 0 Å². The molecule has 0 radical (unpaired) electrons. The zero-order valence-corrected chi connectivity index (χ0v) is 20.1. The first kappa shape index (κ1) is 34.1. The van der Waals surface area contributed by atoms with Crippen molar-refractivity contribution < 1.29 is 82.3 Å². The molecule has 0 spiro atoms. The van der Waals surface area contributed by atoms with E-state index in [1.54, 1.807) is 0 Å². The molecule has 0 aliphatic heterocycles. The van der Waals surface area contributed by atoms with Gasteiger partial charge < -0.3 is 5.71 Å². The molecule has 4 nitrogen and oxygen atoms in total. The molecule has 0 atom stereocenters. The van der Waals surface area contributed by atoms with Crippen LogP contribution in [0, 0.1) is 0 Å². The van der Waals surface area contributed by atoms with Gasteiger partial charge in [-0.05, 0) is 0 Å². The van der Waals surface area contributed by atoms with Crippen LogP contribution >= 0.6 is 0 Å². The number of rotatable bonds is 9. The largest absolute Gasteiger partial charge is 2.00 e. The van der Waals surface area contributed by atoms with Gasteiger partial charge in [0.05, 0.1) is 0 Å². The summed E-state index contributed by atoms with van der Waals surface area (Å²) in [5.41, 5.74) is 0. The molecule has 0 saturated carbocycles. The number of unbranched alkanes of at least 4 members (excludes halogenated alkanes) is 9. The van der Waals surface area contributed by atoms with Crippen molar-refractivity contribution in [1.82, 2.24) is 0 Å². The van der Waals surface area contributed by atoms with E-state index in [1.807, 2.05) is 0 Å². The van der Waals surface area contributed by atoms with Crippen molar-refractivity contribution in [2.24, 2.45) is 0 Å². The van der Waals surface area contributed by atoms with Crippen molar-refractivity contribution in [3.63, 3.8) is 0 Å². The second kappa shape index (κ2) is 26.5. The van der Waals surface area contributed by atoms with E-state index >= 15 is 0 Å². The van der Waals surface area contributed by atoms with E-state index in [0.29, 0.717) is 0 Å². The van der Waals surface area contributed by atoms with Gasteiger partial charge in [0.15, 0.2) is 0 Å². The fourth-order valence-corrected chi connectivity index (χ4v) is 1.56. The van der Waals surface area contributed by atoms with Gasteiger partial charge >= 0.3 is 92.6 Å². The second-order valence-corrected chi connectivity index (χ2v) is 5.17. The molecule has 0 fully saturated rings. The Morgan fingerprint density at radius 2 is 0.850 bits per heavy atom. The van der Waals surface area contributed by atoms with Crippen molar-refractivity contribution in [1.29, 1.82) is 0 Å². The zero-order chi connectivity index (χ0) is 13.6. The maximum atomic E-state index is 8.74. The summed E-state index contributed by atoms with van der Waals surface area (Å²) in [4.78, 5) is 0. The van der Waals surface area contributed by atoms with Gasteiger partial charge in [-0.2, -0.15) is 8.42 Å². The summed E-state index contributed by atoms with van der Waals surface area (Å²) < 4.78 is 31.6. The fourth-order valence-electron chi connectivity index (χ4n) is 1.56. The first-order valence-electron chi connectivity index (χ1n) is 6.61. The number of hydrogen-bond acceptors (Lipinski definition) is 2. The van der Waals surface area contributed by atoms with Crippen molar-refractivity contribution in [2.45, 2.75) is 78.1 Å². The Morgan fingerprint density at radius 1 is 0.700 bits per heavy atom. The minimum Gasteiger partial charge on any atom is -1.00 e. The van der Waals surface area contributed by atoms with Gasteiger partial charge in [-0.25, -0.2) is 0 Å². The van der Waals surface area contributed by atoms with Crippen LogP contribution in [0.15, 0.2) is 0 Å². The van der Waals surface area contributed by atoms with E-state index in [4.69, 9.17) is 17.5 Å². The average Bonchev–Trinajstić information content (AvgIpc) is 2.20. The summed E-state index contributed by atoms with van der Waals surface area (Å²) in [7, 11) is -4.67. The second-order valence-electron chi connectivity index (χ2n) is 4.28. The van der Waals surface area contributed by atoms with Crippen LogP contribution < -0.4 is 59.1 Å². The van der Waals surface area contributed by atoms with Crippen LogP contribution in [-0.4, -0.2) is 40.6 Å². The summed E-state index contributed by atoms with van der Waals surface area (Å²) in [5.74, 6) is 0. The zero-order valence-electron chi connectivity index (χ0n) is 17.9. The van der Waals surface area contributed by atoms with E-state index in [-0.39, 0.29) is 87.9 Å². The molecule has 0 aliphatic carbocycles. The molecule has 114 valence electrons. The molecule has 0 amide bonds. The Labute approximate surface area is 191 Å². The Balaban J connectivity index is -0.0000000242. The van der Waals surface area contributed by atoms with Crippen LogP contribution in [0.4, 0.5) is 0 Å². The van der Waals surface area contributed by atoms with E-state index in [1.165, 1.54) is 64.2 Å².